The van der Waals surface area contributed by atoms with Crippen LogP contribution in [-0.2, 0) is 21.2 Å². The Balaban J connectivity index is 2.18. The van der Waals surface area contributed by atoms with Crippen molar-refractivity contribution in [1.82, 2.24) is 9.62 Å². The lowest BCUT2D eigenvalue weighted by atomic mass is 10.2. The Bertz CT molecular complexity index is 686. The fourth-order valence-corrected chi connectivity index (χ4v) is 3.99. The number of benzene rings is 1. The van der Waals surface area contributed by atoms with Crippen LogP contribution in [0.25, 0.3) is 0 Å². The summed E-state index contributed by atoms with van der Waals surface area (Å²) in [6.07, 6.45) is 1.50. The molecule has 1 aliphatic rings. The van der Waals surface area contributed by atoms with E-state index in [1.54, 1.807) is 23.1 Å². The summed E-state index contributed by atoms with van der Waals surface area (Å²) in [4.78, 5) is 15.5. The lowest BCUT2D eigenvalue weighted by molar-refractivity contribution is -0.116. The maximum Gasteiger partial charge on any atom is 0.240 e. The van der Waals surface area contributed by atoms with Gasteiger partial charge in [0.15, 0.2) is 0 Å². The Labute approximate surface area is 138 Å². The fraction of sp³-hybridized carbons (Fsp3) is 0.562. The Hall–Kier alpha value is -1.44. The van der Waals surface area contributed by atoms with Gasteiger partial charge in [0.2, 0.25) is 15.9 Å². The van der Waals surface area contributed by atoms with Crippen molar-refractivity contribution in [2.45, 2.75) is 37.6 Å². The second-order valence-corrected chi connectivity index (χ2v) is 8.04. The smallest absolute Gasteiger partial charge is 0.240 e. The zero-order valence-electron chi connectivity index (χ0n) is 14.2. The summed E-state index contributed by atoms with van der Waals surface area (Å²) in [5, 5.41) is 0. The second-order valence-electron chi connectivity index (χ2n) is 6.33. The zero-order valence-corrected chi connectivity index (χ0v) is 15.0. The third-order valence-electron chi connectivity index (χ3n) is 4.01. The standard InChI is InChI=1S/C16H25N3O3S/c1-12(7-9-18(3)4)17-23(21,22)15-6-5-14-8-10-19(13(2)20)16(14)11-15/h5-6,11-12,17H,7-10H2,1-4H3. The Morgan fingerprint density at radius 3 is 2.70 bits per heavy atom. The Morgan fingerprint density at radius 1 is 1.39 bits per heavy atom. The molecule has 128 valence electrons. The molecule has 0 fully saturated rings. The molecule has 1 aliphatic heterocycles. The van der Waals surface area contributed by atoms with Gasteiger partial charge in [-0.2, -0.15) is 0 Å². The molecule has 7 heteroatoms. The number of amides is 1. The van der Waals surface area contributed by atoms with Gasteiger partial charge in [0.25, 0.3) is 0 Å². The number of carbonyl (C=O) groups is 1. The molecule has 0 radical (unpaired) electrons. The largest absolute Gasteiger partial charge is 0.312 e. The highest BCUT2D eigenvalue weighted by atomic mass is 32.2. The van der Waals surface area contributed by atoms with E-state index in [9.17, 15) is 13.2 Å². The first-order chi connectivity index (χ1) is 10.7. The van der Waals surface area contributed by atoms with Crippen LogP contribution in [-0.4, -0.2) is 52.5 Å². The highest BCUT2D eigenvalue weighted by Crippen LogP contribution is 2.30. The van der Waals surface area contributed by atoms with Crippen LogP contribution in [0.4, 0.5) is 5.69 Å². The van der Waals surface area contributed by atoms with E-state index >= 15 is 0 Å². The molecule has 1 amide bonds. The van der Waals surface area contributed by atoms with Crippen LogP contribution < -0.4 is 9.62 Å². The van der Waals surface area contributed by atoms with E-state index in [4.69, 9.17) is 0 Å². The van der Waals surface area contributed by atoms with Crippen molar-refractivity contribution in [2.24, 2.45) is 0 Å². The number of rotatable bonds is 6. The molecule has 1 aromatic carbocycles. The Kier molecular flexibility index (Phi) is 5.44. The van der Waals surface area contributed by atoms with Crippen LogP contribution in [0.15, 0.2) is 23.1 Å². The number of fused-ring (bicyclic) bond motifs is 1. The van der Waals surface area contributed by atoms with Crippen molar-refractivity contribution in [3.8, 4) is 0 Å². The minimum atomic E-state index is -3.58. The van der Waals surface area contributed by atoms with E-state index in [1.807, 2.05) is 25.9 Å². The maximum absolute atomic E-state index is 12.5. The summed E-state index contributed by atoms with van der Waals surface area (Å²) in [5.41, 5.74) is 1.72. The summed E-state index contributed by atoms with van der Waals surface area (Å²) in [5.74, 6) is -0.0643. The van der Waals surface area contributed by atoms with Crippen molar-refractivity contribution in [1.29, 1.82) is 0 Å². The summed E-state index contributed by atoms with van der Waals surface area (Å²) < 4.78 is 27.8. The van der Waals surface area contributed by atoms with E-state index in [0.29, 0.717) is 12.2 Å². The van der Waals surface area contributed by atoms with Crippen LogP contribution >= 0.6 is 0 Å². The summed E-state index contributed by atoms with van der Waals surface area (Å²) >= 11 is 0. The van der Waals surface area contributed by atoms with Crippen molar-refractivity contribution in [3.63, 3.8) is 0 Å². The van der Waals surface area contributed by atoms with E-state index < -0.39 is 10.0 Å². The van der Waals surface area contributed by atoms with Crippen molar-refractivity contribution in [3.05, 3.63) is 23.8 Å². The average molecular weight is 339 g/mol. The van der Waals surface area contributed by atoms with Gasteiger partial charge >= 0.3 is 0 Å². The van der Waals surface area contributed by atoms with E-state index in [1.165, 1.54) is 6.92 Å². The van der Waals surface area contributed by atoms with Gasteiger partial charge in [-0.1, -0.05) is 6.07 Å². The third-order valence-corrected chi connectivity index (χ3v) is 5.60. The predicted molar refractivity (Wildman–Crippen MR) is 91.1 cm³/mol. The van der Waals surface area contributed by atoms with Crippen LogP contribution in [0.1, 0.15) is 25.8 Å². The molecule has 0 saturated carbocycles. The molecular formula is C16H25N3O3S. The molecule has 1 atom stereocenters. The lowest BCUT2D eigenvalue weighted by Gasteiger charge is -2.18. The first-order valence-electron chi connectivity index (χ1n) is 7.79. The first kappa shape index (κ1) is 17.9. The van der Waals surface area contributed by atoms with Gasteiger partial charge in [-0.15, -0.1) is 0 Å². The predicted octanol–water partition coefficient (Wildman–Crippen LogP) is 1.21. The molecule has 1 heterocycles. The van der Waals surface area contributed by atoms with Gasteiger partial charge < -0.3 is 9.80 Å². The van der Waals surface area contributed by atoms with Gasteiger partial charge in [-0.25, -0.2) is 13.1 Å². The van der Waals surface area contributed by atoms with Crippen LogP contribution in [0, 0.1) is 0 Å². The van der Waals surface area contributed by atoms with Crippen molar-refractivity contribution >= 4 is 21.6 Å². The zero-order chi connectivity index (χ0) is 17.2. The van der Waals surface area contributed by atoms with Gasteiger partial charge in [0.05, 0.1) is 4.90 Å². The number of nitrogens with one attached hydrogen (secondary N) is 1. The monoisotopic (exact) mass is 339 g/mol. The van der Waals surface area contributed by atoms with E-state index in [0.717, 1.165) is 24.9 Å². The average Bonchev–Trinajstić information content (AvgIpc) is 2.87. The van der Waals surface area contributed by atoms with Gasteiger partial charge in [0.1, 0.15) is 0 Å². The molecule has 0 aromatic heterocycles. The highest BCUT2D eigenvalue weighted by Gasteiger charge is 2.25. The number of nitrogens with zero attached hydrogens (tertiary/aromatic N) is 2. The van der Waals surface area contributed by atoms with Gasteiger partial charge in [-0.3, -0.25) is 4.79 Å². The molecule has 0 bridgehead atoms. The van der Waals surface area contributed by atoms with Crippen LogP contribution in [0.3, 0.4) is 0 Å². The van der Waals surface area contributed by atoms with Crippen molar-refractivity contribution < 1.29 is 13.2 Å². The lowest BCUT2D eigenvalue weighted by Crippen LogP contribution is -2.35. The fourth-order valence-electron chi connectivity index (χ4n) is 2.70. The highest BCUT2D eigenvalue weighted by molar-refractivity contribution is 7.89. The minimum Gasteiger partial charge on any atom is -0.312 e. The maximum atomic E-state index is 12.5. The topological polar surface area (TPSA) is 69.7 Å². The SMILES string of the molecule is CC(=O)N1CCc2ccc(S(=O)(=O)NC(C)CCN(C)C)cc21. The molecule has 0 aliphatic carbocycles. The van der Waals surface area contributed by atoms with Crippen molar-refractivity contribution in [2.75, 3.05) is 32.1 Å². The number of sulfonamides is 1. The summed E-state index contributed by atoms with van der Waals surface area (Å²) in [6, 6.07) is 4.87. The second kappa shape index (κ2) is 6.98. The minimum absolute atomic E-state index is 0.0643. The van der Waals surface area contributed by atoms with Crippen LogP contribution in [0.2, 0.25) is 0 Å². The van der Waals surface area contributed by atoms with E-state index in [-0.39, 0.29) is 16.8 Å². The number of anilines is 1. The third kappa shape index (κ3) is 4.31. The summed E-state index contributed by atoms with van der Waals surface area (Å²) in [6.45, 7) is 4.78. The molecule has 0 spiro atoms. The molecule has 1 N–H and O–H groups in total. The molecule has 1 unspecified atom stereocenters. The molecule has 23 heavy (non-hydrogen) atoms. The van der Waals surface area contributed by atoms with Gasteiger partial charge in [0, 0.05) is 25.2 Å². The first-order valence-corrected chi connectivity index (χ1v) is 9.27. The Morgan fingerprint density at radius 2 is 2.09 bits per heavy atom. The molecule has 1 aromatic rings. The number of hydrogen-bond acceptors (Lipinski definition) is 4. The molecule has 6 nitrogen and oxygen atoms in total. The normalized spacial score (nSPS) is 15.8. The van der Waals surface area contributed by atoms with E-state index in [2.05, 4.69) is 4.72 Å². The number of hydrogen-bond donors (Lipinski definition) is 1. The number of carbonyl (C=O) groups excluding carboxylic acids is 1. The van der Waals surface area contributed by atoms with Gasteiger partial charge in [-0.05, 0) is 58.1 Å². The quantitative estimate of drug-likeness (QED) is 0.846. The summed E-state index contributed by atoms with van der Waals surface area (Å²) in [7, 11) is 0.328. The molecule has 0 saturated heterocycles. The van der Waals surface area contributed by atoms with Crippen LogP contribution in [0.5, 0.6) is 0 Å². The molecular weight excluding hydrogens is 314 g/mol. The molecule has 2 rings (SSSR count).